The third kappa shape index (κ3) is 3.26. The minimum atomic E-state index is 0.309. The summed E-state index contributed by atoms with van der Waals surface area (Å²) in [6.07, 6.45) is 10.4. The summed E-state index contributed by atoms with van der Waals surface area (Å²) in [6, 6.07) is 0.309. The van der Waals surface area contributed by atoms with Crippen molar-refractivity contribution < 1.29 is 0 Å². The van der Waals surface area contributed by atoms with Crippen molar-refractivity contribution in [1.82, 2.24) is 15.3 Å². The number of hydrogen-bond acceptors (Lipinski definition) is 3. The van der Waals surface area contributed by atoms with Crippen molar-refractivity contribution in [3.8, 4) is 0 Å². The summed E-state index contributed by atoms with van der Waals surface area (Å²) in [4.78, 5) is 8.34. The van der Waals surface area contributed by atoms with E-state index in [4.69, 9.17) is 0 Å². The minimum Gasteiger partial charge on any atom is -0.312 e. The predicted octanol–water partition coefficient (Wildman–Crippen LogP) is 2.09. The van der Waals surface area contributed by atoms with Gasteiger partial charge in [0, 0.05) is 18.6 Å². The summed E-state index contributed by atoms with van der Waals surface area (Å²) in [5, 5.41) is 3.24. The van der Waals surface area contributed by atoms with Crippen molar-refractivity contribution in [3.63, 3.8) is 0 Å². The summed E-state index contributed by atoms with van der Waals surface area (Å²) >= 11 is 0. The van der Waals surface area contributed by atoms with Crippen LogP contribution in [0.1, 0.15) is 31.0 Å². The predicted molar refractivity (Wildman–Crippen MR) is 57.9 cm³/mol. The molecule has 14 heavy (non-hydrogen) atoms. The van der Waals surface area contributed by atoms with E-state index in [-0.39, 0.29) is 0 Å². The van der Waals surface area contributed by atoms with Crippen molar-refractivity contribution in [2.75, 3.05) is 7.05 Å². The highest BCUT2D eigenvalue weighted by atomic mass is 14.9. The lowest BCUT2D eigenvalue weighted by atomic mass is 10.1. The Bertz CT molecular complexity index is 258. The monoisotopic (exact) mass is 191 g/mol. The van der Waals surface area contributed by atoms with Gasteiger partial charge in [0.1, 0.15) is 0 Å². The number of rotatable bonds is 6. The molecular formula is C11H17N3. The third-order valence-electron chi connectivity index (χ3n) is 2.19. The van der Waals surface area contributed by atoms with E-state index < -0.39 is 0 Å². The van der Waals surface area contributed by atoms with Gasteiger partial charge >= 0.3 is 0 Å². The van der Waals surface area contributed by atoms with E-state index in [0.29, 0.717) is 6.04 Å². The van der Waals surface area contributed by atoms with Crippen LogP contribution in [0, 0.1) is 0 Å². The van der Waals surface area contributed by atoms with E-state index in [2.05, 4.69) is 21.9 Å². The van der Waals surface area contributed by atoms with Crippen LogP contribution in [-0.2, 0) is 0 Å². The number of allylic oxidation sites excluding steroid dienone is 1. The zero-order valence-corrected chi connectivity index (χ0v) is 8.61. The van der Waals surface area contributed by atoms with Crippen LogP contribution < -0.4 is 5.32 Å². The first-order valence-corrected chi connectivity index (χ1v) is 4.92. The highest BCUT2D eigenvalue weighted by molar-refractivity contribution is 5.01. The van der Waals surface area contributed by atoms with Crippen molar-refractivity contribution in [3.05, 3.63) is 36.9 Å². The van der Waals surface area contributed by atoms with Crippen LogP contribution in [0.25, 0.3) is 0 Å². The van der Waals surface area contributed by atoms with Crippen molar-refractivity contribution >= 4 is 0 Å². The van der Waals surface area contributed by atoms with Crippen LogP contribution in [0.4, 0.5) is 0 Å². The maximum atomic E-state index is 4.28. The Labute approximate surface area is 85.3 Å². The lowest BCUT2D eigenvalue weighted by molar-refractivity contribution is 0.516. The molecule has 0 saturated heterocycles. The van der Waals surface area contributed by atoms with Crippen LogP contribution in [0.2, 0.25) is 0 Å². The molecule has 0 fully saturated rings. The van der Waals surface area contributed by atoms with Gasteiger partial charge in [-0.2, -0.15) is 0 Å². The fraction of sp³-hybridized carbons (Fsp3) is 0.455. The van der Waals surface area contributed by atoms with E-state index in [1.54, 1.807) is 12.4 Å². The fourth-order valence-corrected chi connectivity index (χ4v) is 1.40. The SMILES string of the molecule is C=CCCCC(NC)c1cnccn1. The van der Waals surface area contributed by atoms with Gasteiger partial charge in [0.15, 0.2) is 0 Å². The molecule has 3 nitrogen and oxygen atoms in total. The molecule has 1 atom stereocenters. The average molecular weight is 191 g/mol. The van der Waals surface area contributed by atoms with Gasteiger partial charge in [-0.05, 0) is 26.3 Å². The van der Waals surface area contributed by atoms with Crippen LogP contribution in [-0.4, -0.2) is 17.0 Å². The Hall–Kier alpha value is -1.22. The zero-order chi connectivity index (χ0) is 10.2. The Balaban J connectivity index is 2.50. The van der Waals surface area contributed by atoms with E-state index in [9.17, 15) is 0 Å². The Morgan fingerprint density at radius 1 is 1.57 bits per heavy atom. The Morgan fingerprint density at radius 2 is 2.43 bits per heavy atom. The topological polar surface area (TPSA) is 37.8 Å². The second kappa shape index (κ2) is 6.27. The van der Waals surface area contributed by atoms with Gasteiger partial charge in [0.25, 0.3) is 0 Å². The summed E-state index contributed by atoms with van der Waals surface area (Å²) in [5.74, 6) is 0. The number of nitrogens with zero attached hydrogens (tertiary/aromatic N) is 2. The maximum Gasteiger partial charge on any atom is 0.0755 e. The van der Waals surface area contributed by atoms with Crippen molar-refractivity contribution in [2.24, 2.45) is 0 Å². The Morgan fingerprint density at radius 3 is 3.00 bits per heavy atom. The van der Waals surface area contributed by atoms with Crippen LogP contribution >= 0.6 is 0 Å². The van der Waals surface area contributed by atoms with Crippen molar-refractivity contribution in [1.29, 1.82) is 0 Å². The van der Waals surface area contributed by atoms with Gasteiger partial charge in [-0.25, -0.2) is 0 Å². The summed E-state index contributed by atoms with van der Waals surface area (Å²) < 4.78 is 0. The standard InChI is InChI=1S/C11H17N3/c1-3-4-5-6-10(12-2)11-9-13-7-8-14-11/h3,7-10,12H,1,4-6H2,2H3. The summed E-state index contributed by atoms with van der Waals surface area (Å²) in [7, 11) is 1.95. The molecule has 1 aromatic heterocycles. The van der Waals surface area contributed by atoms with E-state index in [1.807, 2.05) is 19.3 Å². The molecule has 0 radical (unpaired) electrons. The molecule has 1 rings (SSSR count). The van der Waals surface area contributed by atoms with Crippen LogP contribution in [0.15, 0.2) is 31.2 Å². The van der Waals surface area contributed by atoms with Gasteiger partial charge < -0.3 is 5.32 Å². The molecule has 1 heterocycles. The highest BCUT2D eigenvalue weighted by Gasteiger charge is 2.08. The molecule has 1 N–H and O–H groups in total. The largest absolute Gasteiger partial charge is 0.312 e. The molecule has 1 aromatic rings. The van der Waals surface area contributed by atoms with Crippen LogP contribution in [0.3, 0.4) is 0 Å². The molecule has 0 aliphatic carbocycles. The Kier molecular flexibility index (Phi) is 4.86. The average Bonchev–Trinajstić information content (AvgIpc) is 2.26. The zero-order valence-electron chi connectivity index (χ0n) is 8.61. The van der Waals surface area contributed by atoms with Gasteiger partial charge in [-0.3, -0.25) is 9.97 Å². The maximum absolute atomic E-state index is 4.28. The molecule has 76 valence electrons. The first-order valence-electron chi connectivity index (χ1n) is 4.92. The smallest absolute Gasteiger partial charge is 0.0755 e. The van der Waals surface area contributed by atoms with E-state index in [0.717, 1.165) is 25.0 Å². The normalized spacial score (nSPS) is 12.4. The van der Waals surface area contributed by atoms with Gasteiger partial charge in [0.05, 0.1) is 11.7 Å². The van der Waals surface area contributed by atoms with Gasteiger partial charge in [0.2, 0.25) is 0 Å². The third-order valence-corrected chi connectivity index (χ3v) is 2.19. The molecule has 0 amide bonds. The first kappa shape index (κ1) is 10.9. The molecule has 0 bridgehead atoms. The minimum absolute atomic E-state index is 0.309. The molecule has 0 aromatic carbocycles. The fourth-order valence-electron chi connectivity index (χ4n) is 1.40. The number of hydrogen-bond donors (Lipinski definition) is 1. The number of unbranched alkanes of at least 4 members (excludes halogenated alkanes) is 1. The van der Waals surface area contributed by atoms with E-state index in [1.165, 1.54) is 0 Å². The second-order valence-corrected chi connectivity index (χ2v) is 3.19. The summed E-state index contributed by atoms with van der Waals surface area (Å²) in [6.45, 7) is 3.71. The van der Waals surface area contributed by atoms with Crippen molar-refractivity contribution in [2.45, 2.75) is 25.3 Å². The van der Waals surface area contributed by atoms with Gasteiger partial charge in [-0.1, -0.05) is 6.08 Å². The lowest BCUT2D eigenvalue weighted by Gasteiger charge is -2.14. The van der Waals surface area contributed by atoms with Gasteiger partial charge in [-0.15, -0.1) is 6.58 Å². The molecule has 0 aliphatic heterocycles. The molecule has 0 aliphatic rings. The lowest BCUT2D eigenvalue weighted by Crippen LogP contribution is -2.17. The first-order chi connectivity index (χ1) is 6.88. The molecule has 3 heteroatoms. The number of aromatic nitrogens is 2. The molecule has 1 unspecified atom stereocenters. The quantitative estimate of drug-likeness (QED) is 0.552. The van der Waals surface area contributed by atoms with E-state index >= 15 is 0 Å². The summed E-state index contributed by atoms with van der Waals surface area (Å²) in [5.41, 5.74) is 1.01. The number of nitrogens with one attached hydrogen (secondary N) is 1. The second-order valence-electron chi connectivity index (χ2n) is 3.19. The molecule has 0 saturated carbocycles. The highest BCUT2D eigenvalue weighted by Crippen LogP contribution is 2.15. The van der Waals surface area contributed by atoms with Crippen LogP contribution in [0.5, 0.6) is 0 Å². The molecular weight excluding hydrogens is 174 g/mol. The molecule has 0 spiro atoms.